The van der Waals surface area contributed by atoms with Gasteiger partial charge in [-0.15, -0.1) is 0 Å². The molecule has 3 heterocycles. The Kier molecular flexibility index (Phi) is 3.24. The predicted octanol–water partition coefficient (Wildman–Crippen LogP) is 3.25. The number of imidazole rings is 1. The first-order chi connectivity index (χ1) is 11.3. The molecular weight excluding hydrogens is 288 g/mol. The quantitative estimate of drug-likeness (QED) is 0.631. The highest BCUT2D eigenvalue weighted by molar-refractivity contribution is 5.77. The van der Waals surface area contributed by atoms with E-state index in [1.807, 2.05) is 47.0 Å². The summed E-state index contributed by atoms with van der Waals surface area (Å²) in [7, 11) is 0. The van der Waals surface area contributed by atoms with E-state index in [9.17, 15) is 5.11 Å². The van der Waals surface area contributed by atoms with Crippen molar-refractivity contribution >= 4 is 11.2 Å². The van der Waals surface area contributed by atoms with Gasteiger partial charge in [-0.1, -0.05) is 18.2 Å². The smallest absolute Gasteiger partial charge is 0.160 e. The van der Waals surface area contributed by atoms with Crippen LogP contribution in [0.3, 0.4) is 0 Å². The lowest BCUT2D eigenvalue weighted by Crippen LogP contribution is -2.03. The molecule has 0 bridgehead atoms. The van der Waals surface area contributed by atoms with Gasteiger partial charge in [-0.2, -0.15) is 0 Å². The summed E-state index contributed by atoms with van der Waals surface area (Å²) >= 11 is 0. The minimum atomic E-state index is 0.266. The number of phenolic OH excluding ortho intramolecular Hbond substituents is 1. The first-order valence-electron chi connectivity index (χ1n) is 7.31. The Hall–Kier alpha value is -3.21. The Bertz CT molecular complexity index is 963. The molecule has 0 aliphatic heterocycles. The number of fused-ring (bicyclic) bond motifs is 1. The summed E-state index contributed by atoms with van der Waals surface area (Å²) in [6, 6.07) is 15.0. The zero-order valence-corrected chi connectivity index (χ0v) is 12.3. The molecule has 5 nitrogen and oxygen atoms in total. The number of benzene rings is 1. The number of aromatic hydroxyl groups is 1. The molecule has 1 aromatic carbocycles. The van der Waals surface area contributed by atoms with Gasteiger partial charge in [-0.3, -0.25) is 4.98 Å². The fourth-order valence-corrected chi connectivity index (χ4v) is 2.64. The normalized spacial score (nSPS) is 11.0. The molecular formula is C18H14N4O. The summed E-state index contributed by atoms with van der Waals surface area (Å²) in [6.45, 7) is 0.490. The van der Waals surface area contributed by atoms with E-state index < -0.39 is 0 Å². The Labute approximate surface area is 132 Å². The van der Waals surface area contributed by atoms with Crippen molar-refractivity contribution in [2.45, 2.75) is 6.54 Å². The number of hydrogen-bond donors (Lipinski definition) is 1. The Morgan fingerprint density at radius 2 is 1.83 bits per heavy atom. The molecule has 0 spiro atoms. The number of aromatic nitrogens is 4. The van der Waals surface area contributed by atoms with Crippen molar-refractivity contribution in [3.8, 4) is 17.1 Å². The molecule has 1 N–H and O–H groups in total. The molecule has 0 fully saturated rings. The van der Waals surface area contributed by atoms with Crippen molar-refractivity contribution in [2.24, 2.45) is 0 Å². The van der Waals surface area contributed by atoms with Crippen molar-refractivity contribution in [1.29, 1.82) is 0 Å². The van der Waals surface area contributed by atoms with Gasteiger partial charge in [0, 0.05) is 29.7 Å². The average Bonchev–Trinajstić information content (AvgIpc) is 2.96. The second-order valence-corrected chi connectivity index (χ2v) is 5.24. The van der Waals surface area contributed by atoms with Crippen LogP contribution in [-0.2, 0) is 6.54 Å². The van der Waals surface area contributed by atoms with E-state index in [-0.39, 0.29) is 5.75 Å². The number of phenols is 1. The zero-order chi connectivity index (χ0) is 15.6. The number of para-hydroxylation sites is 1. The Morgan fingerprint density at radius 3 is 2.65 bits per heavy atom. The van der Waals surface area contributed by atoms with Crippen molar-refractivity contribution in [2.75, 3.05) is 0 Å². The Morgan fingerprint density at radius 1 is 0.957 bits per heavy atom. The summed E-state index contributed by atoms with van der Waals surface area (Å²) in [5.41, 5.74) is 3.35. The molecule has 0 amide bonds. The number of pyridine rings is 2. The lowest BCUT2D eigenvalue weighted by atomic mass is 10.2. The van der Waals surface area contributed by atoms with Gasteiger partial charge in [0.15, 0.2) is 5.65 Å². The fraction of sp³-hybridized carbons (Fsp3) is 0.0556. The molecule has 0 saturated carbocycles. The first kappa shape index (κ1) is 13.5. The highest BCUT2D eigenvalue weighted by Crippen LogP contribution is 2.26. The topological polar surface area (TPSA) is 63.8 Å². The second-order valence-electron chi connectivity index (χ2n) is 5.24. The van der Waals surface area contributed by atoms with Gasteiger partial charge in [0.25, 0.3) is 0 Å². The maximum Gasteiger partial charge on any atom is 0.160 e. The molecule has 23 heavy (non-hydrogen) atoms. The second kappa shape index (κ2) is 5.53. The van der Waals surface area contributed by atoms with E-state index in [0.717, 1.165) is 28.1 Å². The van der Waals surface area contributed by atoms with Crippen LogP contribution < -0.4 is 0 Å². The SMILES string of the molecule is Oc1ccccc1Cn1c(-c2cccnc2)nc2cccnc21. The molecule has 4 aromatic rings. The van der Waals surface area contributed by atoms with E-state index in [0.29, 0.717) is 6.54 Å². The number of nitrogens with zero attached hydrogens (tertiary/aromatic N) is 4. The largest absolute Gasteiger partial charge is 0.508 e. The molecule has 0 saturated heterocycles. The molecule has 5 heteroatoms. The molecule has 3 aromatic heterocycles. The molecule has 112 valence electrons. The van der Waals surface area contributed by atoms with Crippen molar-refractivity contribution in [3.63, 3.8) is 0 Å². The lowest BCUT2D eigenvalue weighted by Gasteiger charge is -2.10. The van der Waals surface area contributed by atoms with Crippen molar-refractivity contribution in [3.05, 3.63) is 72.7 Å². The molecule has 0 aliphatic rings. The summed E-state index contributed by atoms with van der Waals surface area (Å²) in [5.74, 6) is 1.05. The fourth-order valence-electron chi connectivity index (χ4n) is 2.64. The summed E-state index contributed by atoms with van der Waals surface area (Å²) in [6.07, 6.45) is 5.26. The predicted molar refractivity (Wildman–Crippen MR) is 88.0 cm³/mol. The van der Waals surface area contributed by atoms with Crippen LogP contribution >= 0.6 is 0 Å². The molecule has 0 radical (unpaired) electrons. The molecule has 0 aliphatic carbocycles. The summed E-state index contributed by atoms with van der Waals surface area (Å²) < 4.78 is 2.00. The highest BCUT2D eigenvalue weighted by Gasteiger charge is 2.14. The van der Waals surface area contributed by atoms with Gasteiger partial charge >= 0.3 is 0 Å². The van der Waals surface area contributed by atoms with E-state index in [2.05, 4.69) is 15.0 Å². The molecule has 0 atom stereocenters. The van der Waals surface area contributed by atoms with Crippen LogP contribution in [-0.4, -0.2) is 24.6 Å². The van der Waals surface area contributed by atoms with E-state index in [4.69, 9.17) is 0 Å². The monoisotopic (exact) mass is 302 g/mol. The standard InChI is InChI=1S/C18H14N4O/c23-16-8-2-1-5-14(16)12-22-17(13-6-3-9-19-11-13)21-15-7-4-10-20-18(15)22/h1-11,23H,12H2. The average molecular weight is 302 g/mol. The highest BCUT2D eigenvalue weighted by atomic mass is 16.3. The van der Waals surface area contributed by atoms with Crippen molar-refractivity contribution < 1.29 is 5.11 Å². The van der Waals surface area contributed by atoms with Crippen LogP contribution in [0.2, 0.25) is 0 Å². The van der Waals surface area contributed by atoms with Crippen LogP contribution in [0.1, 0.15) is 5.56 Å². The van der Waals surface area contributed by atoms with Crippen LogP contribution in [0, 0.1) is 0 Å². The van der Waals surface area contributed by atoms with Crippen LogP contribution in [0.5, 0.6) is 5.75 Å². The van der Waals surface area contributed by atoms with Crippen LogP contribution in [0.4, 0.5) is 0 Å². The van der Waals surface area contributed by atoms with Crippen LogP contribution in [0.25, 0.3) is 22.6 Å². The third kappa shape index (κ3) is 2.42. The molecule has 4 rings (SSSR count). The van der Waals surface area contributed by atoms with Gasteiger partial charge in [0.2, 0.25) is 0 Å². The summed E-state index contributed by atoms with van der Waals surface area (Å²) in [4.78, 5) is 13.3. The maximum absolute atomic E-state index is 10.1. The van der Waals surface area contributed by atoms with E-state index in [1.54, 1.807) is 24.7 Å². The van der Waals surface area contributed by atoms with Gasteiger partial charge in [-0.05, 0) is 30.3 Å². The third-order valence-electron chi connectivity index (χ3n) is 3.74. The van der Waals surface area contributed by atoms with Gasteiger partial charge in [0.05, 0.1) is 6.54 Å². The minimum absolute atomic E-state index is 0.266. The number of rotatable bonds is 3. The minimum Gasteiger partial charge on any atom is -0.508 e. The lowest BCUT2D eigenvalue weighted by molar-refractivity contribution is 0.466. The van der Waals surface area contributed by atoms with Crippen molar-refractivity contribution in [1.82, 2.24) is 19.5 Å². The molecule has 0 unspecified atom stereocenters. The zero-order valence-electron chi connectivity index (χ0n) is 12.3. The first-order valence-corrected chi connectivity index (χ1v) is 7.31. The Balaban J connectivity index is 1.92. The van der Waals surface area contributed by atoms with Gasteiger partial charge < -0.3 is 9.67 Å². The number of hydrogen-bond acceptors (Lipinski definition) is 4. The van der Waals surface area contributed by atoms with Gasteiger partial charge in [-0.25, -0.2) is 9.97 Å². The van der Waals surface area contributed by atoms with Crippen LogP contribution in [0.15, 0.2) is 67.1 Å². The van der Waals surface area contributed by atoms with E-state index >= 15 is 0 Å². The third-order valence-corrected chi connectivity index (χ3v) is 3.74. The van der Waals surface area contributed by atoms with Gasteiger partial charge in [0.1, 0.15) is 17.1 Å². The maximum atomic E-state index is 10.1. The van der Waals surface area contributed by atoms with E-state index in [1.165, 1.54) is 0 Å². The summed E-state index contributed by atoms with van der Waals surface area (Å²) in [5, 5.41) is 10.1.